The van der Waals surface area contributed by atoms with Crippen molar-refractivity contribution in [2.75, 3.05) is 0 Å². The molecular weight excluding hydrogens is 191 g/mol. The lowest BCUT2D eigenvalue weighted by Crippen LogP contribution is -2.30. The Balaban J connectivity index is 3.26. The van der Waals surface area contributed by atoms with Gasteiger partial charge in [-0.1, -0.05) is 69.7 Å². The summed E-state index contributed by atoms with van der Waals surface area (Å²) < 4.78 is 0. The van der Waals surface area contributed by atoms with Gasteiger partial charge in [0, 0.05) is 0 Å². The van der Waals surface area contributed by atoms with Gasteiger partial charge < -0.3 is 0 Å². The Morgan fingerprint density at radius 2 is 1.94 bits per heavy atom. The third kappa shape index (κ3) is 2.78. The van der Waals surface area contributed by atoms with E-state index in [1.807, 2.05) is 0 Å². The van der Waals surface area contributed by atoms with Crippen molar-refractivity contribution in [2.45, 2.75) is 46.8 Å². The second-order valence-corrected chi connectivity index (χ2v) is 4.74. The van der Waals surface area contributed by atoms with E-state index in [9.17, 15) is 0 Å². The van der Waals surface area contributed by atoms with Gasteiger partial charge in [-0.3, -0.25) is 0 Å². The minimum atomic E-state index is 0.584. The molecule has 0 atom stereocenters. The van der Waals surface area contributed by atoms with Gasteiger partial charge in [0.05, 0.1) is 0 Å². The minimum absolute atomic E-state index is 0.584. The second-order valence-electron chi connectivity index (χ2n) is 4.74. The van der Waals surface area contributed by atoms with Crippen LogP contribution < -0.4 is 5.46 Å². The molecule has 0 radical (unpaired) electrons. The lowest BCUT2D eigenvalue weighted by molar-refractivity contribution is 0.926. The number of allylic oxidation sites excluding steroid dienone is 1. The second kappa shape index (κ2) is 5.93. The Morgan fingerprint density at radius 3 is 2.44 bits per heavy atom. The summed E-state index contributed by atoms with van der Waals surface area (Å²) in [7, 11) is 0. The molecule has 0 heterocycles. The highest BCUT2D eigenvalue weighted by atomic mass is 14.1. The van der Waals surface area contributed by atoms with Crippen LogP contribution >= 0.6 is 0 Å². The minimum Gasteiger partial charge on any atom is -0.0953 e. The van der Waals surface area contributed by atoms with Crippen LogP contribution in [0.15, 0.2) is 24.8 Å². The molecule has 1 aromatic rings. The smallest absolute Gasteiger partial charge is 0.0953 e. The normalized spacial score (nSPS) is 10.2. The Hall–Kier alpha value is -0.975. The van der Waals surface area contributed by atoms with Crippen LogP contribution in [0, 0.1) is 0 Å². The van der Waals surface area contributed by atoms with Crippen LogP contribution in [-0.2, 0) is 6.42 Å². The first-order valence-electron chi connectivity index (χ1n) is 6.41. The molecule has 0 fully saturated rings. The summed E-state index contributed by atoms with van der Waals surface area (Å²) in [5.41, 5.74) is 5.66. The maximum absolute atomic E-state index is 4.19. The van der Waals surface area contributed by atoms with Crippen molar-refractivity contribution in [3.8, 4) is 0 Å². The van der Waals surface area contributed by atoms with Gasteiger partial charge in [-0.05, 0) is 24.0 Å². The molecule has 0 saturated heterocycles. The molecule has 0 bridgehead atoms. The van der Waals surface area contributed by atoms with Gasteiger partial charge in [-0.2, -0.15) is 0 Å². The first-order chi connectivity index (χ1) is 7.61. The Bertz CT molecular complexity index is 364. The highest BCUT2D eigenvalue weighted by Gasteiger charge is 2.14. The maximum atomic E-state index is 4.19. The van der Waals surface area contributed by atoms with Gasteiger partial charge in [0.1, 0.15) is 0 Å². The van der Waals surface area contributed by atoms with Crippen molar-refractivity contribution >= 4 is 17.7 Å². The van der Waals surface area contributed by atoms with Crippen LogP contribution in [0.1, 0.15) is 37.8 Å². The third-order valence-corrected chi connectivity index (χ3v) is 3.10. The predicted octanol–water partition coefficient (Wildman–Crippen LogP) is 4.02. The van der Waals surface area contributed by atoms with Gasteiger partial charge in [-0.25, -0.2) is 0 Å². The number of aryl methyl sites for hydroxylation is 1. The highest BCUT2D eigenvalue weighted by molar-refractivity contribution is 6.72. The lowest BCUT2D eigenvalue weighted by atomic mass is 9.46. The maximum Gasteiger partial charge on any atom is 0.170 e. The lowest BCUT2D eigenvalue weighted by Gasteiger charge is -2.17. The van der Waals surface area contributed by atoms with Crippen molar-refractivity contribution in [1.29, 1.82) is 0 Å². The number of benzene rings is 1. The monoisotopic (exact) mass is 214 g/mol. The van der Waals surface area contributed by atoms with Crippen molar-refractivity contribution in [3.05, 3.63) is 35.9 Å². The number of hydrogen-bond donors (Lipinski definition) is 0. The van der Waals surface area contributed by atoms with E-state index >= 15 is 0 Å². The number of rotatable bonds is 5. The summed E-state index contributed by atoms with van der Waals surface area (Å²) in [4.78, 5) is 0. The molecule has 0 aliphatic carbocycles. The zero-order valence-electron chi connectivity index (χ0n) is 11.1. The van der Waals surface area contributed by atoms with Crippen molar-refractivity contribution < 1.29 is 0 Å². The molecule has 0 spiro atoms. The summed E-state index contributed by atoms with van der Waals surface area (Å²) in [6.07, 6.45) is 3.43. The van der Waals surface area contributed by atoms with Gasteiger partial charge in [0.2, 0.25) is 0 Å². The number of hydrogen-bond acceptors (Lipinski definition) is 0. The van der Waals surface area contributed by atoms with Crippen molar-refractivity contribution in [3.63, 3.8) is 0 Å². The van der Waals surface area contributed by atoms with E-state index < -0.39 is 0 Å². The van der Waals surface area contributed by atoms with E-state index in [4.69, 9.17) is 0 Å². The van der Waals surface area contributed by atoms with E-state index in [0.717, 1.165) is 6.42 Å². The molecule has 1 rings (SSSR count). The van der Waals surface area contributed by atoms with Gasteiger partial charge in [0.25, 0.3) is 0 Å². The Morgan fingerprint density at radius 1 is 1.25 bits per heavy atom. The zero-order chi connectivity index (χ0) is 12.1. The van der Waals surface area contributed by atoms with Crippen LogP contribution in [0.25, 0.3) is 5.57 Å². The molecule has 0 N–H and O–H groups in total. The summed E-state index contributed by atoms with van der Waals surface area (Å²) >= 11 is 0. The molecular formula is C15H23B. The summed E-state index contributed by atoms with van der Waals surface area (Å²) in [5, 5.41) is 0. The Labute approximate surface area is 101 Å². The van der Waals surface area contributed by atoms with Gasteiger partial charge in [0.15, 0.2) is 6.71 Å². The summed E-state index contributed by atoms with van der Waals surface area (Å²) in [5.74, 6) is 0. The topological polar surface area (TPSA) is 0 Å². The molecule has 1 aromatic carbocycles. The Kier molecular flexibility index (Phi) is 4.85. The molecule has 0 unspecified atom stereocenters. The third-order valence-electron chi connectivity index (χ3n) is 3.10. The van der Waals surface area contributed by atoms with Crippen molar-refractivity contribution in [2.24, 2.45) is 0 Å². The first-order valence-corrected chi connectivity index (χ1v) is 6.41. The zero-order valence-corrected chi connectivity index (χ0v) is 11.1. The van der Waals surface area contributed by atoms with E-state index in [0.29, 0.717) is 6.71 Å². The van der Waals surface area contributed by atoms with Crippen LogP contribution in [0.5, 0.6) is 0 Å². The highest BCUT2D eigenvalue weighted by Crippen LogP contribution is 2.17. The molecule has 86 valence electrons. The molecule has 1 heteroatoms. The largest absolute Gasteiger partial charge is 0.170 e. The summed E-state index contributed by atoms with van der Waals surface area (Å²) in [6.45, 7) is 13.8. The van der Waals surface area contributed by atoms with Crippen LogP contribution in [0.4, 0.5) is 0 Å². The molecule has 0 saturated carbocycles. The van der Waals surface area contributed by atoms with E-state index in [1.165, 1.54) is 35.0 Å². The first kappa shape index (κ1) is 13.1. The SMILES string of the molecule is C=C(CC)c1cccc(CCC)c1B(C)C. The van der Waals surface area contributed by atoms with Crippen molar-refractivity contribution in [1.82, 2.24) is 0 Å². The average molecular weight is 214 g/mol. The molecule has 0 aromatic heterocycles. The molecule has 0 nitrogen and oxygen atoms in total. The molecule has 0 amide bonds. The molecule has 0 aliphatic heterocycles. The van der Waals surface area contributed by atoms with E-state index in [2.05, 4.69) is 52.3 Å². The van der Waals surface area contributed by atoms with Crippen LogP contribution in [-0.4, -0.2) is 6.71 Å². The van der Waals surface area contributed by atoms with E-state index in [1.54, 1.807) is 0 Å². The summed E-state index contributed by atoms with van der Waals surface area (Å²) in [6, 6.07) is 6.67. The van der Waals surface area contributed by atoms with E-state index in [-0.39, 0.29) is 0 Å². The standard InChI is InChI=1S/C15H23B/c1-6-9-13-10-8-11-14(12(3)7-2)15(13)16(4)5/h8,10-11H,3,6-7,9H2,1-2,4-5H3. The molecule has 16 heavy (non-hydrogen) atoms. The molecule has 0 aliphatic rings. The fourth-order valence-corrected chi connectivity index (χ4v) is 2.28. The van der Waals surface area contributed by atoms with Crippen LogP contribution in [0.2, 0.25) is 13.6 Å². The fourth-order valence-electron chi connectivity index (χ4n) is 2.28. The fraction of sp³-hybridized carbons (Fsp3) is 0.467. The van der Waals surface area contributed by atoms with Gasteiger partial charge in [-0.15, -0.1) is 0 Å². The van der Waals surface area contributed by atoms with Crippen LogP contribution in [0.3, 0.4) is 0 Å². The van der Waals surface area contributed by atoms with Gasteiger partial charge >= 0.3 is 0 Å². The average Bonchev–Trinajstić information content (AvgIpc) is 2.27. The predicted molar refractivity (Wildman–Crippen MR) is 76.9 cm³/mol. The quantitative estimate of drug-likeness (QED) is 0.649.